The largest absolute Gasteiger partial charge is 0.493 e. The molecule has 0 saturated carbocycles. The molecule has 2 amide bonds. The Kier molecular flexibility index (Phi) is 7.18. The average Bonchev–Trinajstić information content (AvgIpc) is 3.26. The van der Waals surface area contributed by atoms with Crippen LogP contribution in [0.1, 0.15) is 12.5 Å². The molecule has 0 spiro atoms. The summed E-state index contributed by atoms with van der Waals surface area (Å²) in [4.78, 5) is 45.1. The number of benzene rings is 2. The van der Waals surface area contributed by atoms with Crippen LogP contribution in [0.4, 0.5) is 4.39 Å². The summed E-state index contributed by atoms with van der Waals surface area (Å²) >= 11 is 0. The van der Waals surface area contributed by atoms with Gasteiger partial charge in [0.25, 0.3) is 5.56 Å². The third-order valence-electron chi connectivity index (χ3n) is 5.84. The van der Waals surface area contributed by atoms with E-state index in [1.165, 1.54) is 38.7 Å². The Hall–Kier alpha value is -4.41. The fourth-order valence-corrected chi connectivity index (χ4v) is 3.94. The zero-order valence-corrected chi connectivity index (χ0v) is 20.1. The molecule has 0 radical (unpaired) electrons. The lowest BCUT2D eigenvalue weighted by atomic mass is 10.1. The number of amides is 2. The van der Waals surface area contributed by atoms with E-state index in [0.717, 1.165) is 21.0 Å². The Balaban J connectivity index is 1.34. The van der Waals surface area contributed by atoms with E-state index in [0.29, 0.717) is 30.0 Å². The smallest absolute Gasteiger partial charge is 0.261 e. The molecular formula is C25H26FN5O5. The number of carbonyl (C=O) groups is 2. The van der Waals surface area contributed by atoms with Crippen LogP contribution in [0.25, 0.3) is 21.8 Å². The van der Waals surface area contributed by atoms with Crippen LogP contribution in [-0.4, -0.2) is 53.2 Å². The second kappa shape index (κ2) is 10.5. The lowest BCUT2D eigenvalue weighted by Gasteiger charge is -2.15. The van der Waals surface area contributed by atoms with Gasteiger partial charge in [-0.05, 0) is 43.2 Å². The molecule has 188 valence electrons. The third kappa shape index (κ3) is 5.14. The van der Waals surface area contributed by atoms with Gasteiger partial charge in [0.05, 0.1) is 31.4 Å². The van der Waals surface area contributed by atoms with Crippen molar-refractivity contribution in [2.24, 2.45) is 0 Å². The molecule has 0 aliphatic heterocycles. The van der Waals surface area contributed by atoms with Crippen molar-refractivity contribution < 1.29 is 23.5 Å². The number of methoxy groups -OCH3 is 2. The van der Waals surface area contributed by atoms with Gasteiger partial charge < -0.3 is 25.1 Å². The minimum Gasteiger partial charge on any atom is -0.493 e. The molecular weight excluding hydrogens is 469 g/mol. The predicted octanol–water partition coefficient (Wildman–Crippen LogP) is 1.90. The van der Waals surface area contributed by atoms with Crippen molar-refractivity contribution in [1.82, 2.24) is 25.2 Å². The molecule has 11 heteroatoms. The summed E-state index contributed by atoms with van der Waals surface area (Å²) in [5, 5.41) is 6.38. The number of fused-ring (bicyclic) bond motifs is 2. The van der Waals surface area contributed by atoms with Crippen molar-refractivity contribution in [3.63, 3.8) is 0 Å². The maximum Gasteiger partial charge on any atom is 0.261 e. The maximum absolute atomic E-state index is 13.5. The van der Waals surface area contributed by atoms with Gasteiger partial charge in [-0.3, -0.25) is 19.0 Å². The summed E-state index contributed by atoms with van der Waals surface area (Å²) in [6, 6.07) is 6.75. The molecule has 2 heterocycles. The molecule has 2 aromatic carbocycles. The monoisotopic (exact) mass is 495 g/mol. The van der Waals surface area contributed by atoms with Gasteiger partial charge in [0, 0.05) is 29.7 Å². The minimum absolute atomic E-state index is 0.269. The number of aromatic nitrogens is 3. The number of ether oxygens (including phenoxy) is 2. The summed E-state index contributed by atoms with van der Waals surface area (Å²) < 4.78 is 25.2. The maximum atomic E-state index is 13.5. The van der Waals surface area contributed by atoms with Gasteiger partial charge >= 0.3 is 0 Å². The van der Waals surface area contributed by atoms with Crippen LogP contribution in [0.15, 0.2) is 47.7 Å². The van der Waals surface area contributed by atoms with Crippen molar-refractivity contribution in [3.05, 3.63) is 64.6 Å². The molecule has 0 saturated heterocycles. The number of hydrogen-bond acceptors (Lipinski definition) is 6. The predicted molar refractivity (Wildman–Crippen MR) is 132 cm³/mol. The first-order valence-electron chi connectivity index (χ1n) is 11.2. The van der Waals surface area contributed by atoms with Crippen LogP contribution in [0.2, 0.25) is 0 Å². The molecule has 2 aromatic heterocycles. The molecule has 1 atom stereocenters. The lowest BCUT2D eigenvalue weighted by molar-refractivity contribution is -0.128. The number of hydrogen-bond donors (Lipinski definition) is 3. The first kappa shape index (κ1) is 24.7. The molecule has 3 N–H and O–H groups in total. The number of halogens is 1. The standard InChI is InChI=1S/C25H26FN5O5/c1-14(24(33)27-7-6-15-11-28-19-5-4-16(26)8-17(15)19)30-23(32)12-31-13-29-20-10-22(36-3)21(35-2)9-18(20)25(31)34/h4-5,8-11,13-14,28H,6-7,12H2,1-3H3,(H,27,33)(H,30,32). The highest BCUT2D eigenvalue weighted by atomic mass is 19.1. The van der Waals surface area contributed by atoms with E-state index < -0.39 is 17.5 Å². The summed E-state index contributed by atoms with van der Waals surface area (Å²) in [5.74, 6) is -0.426. The minimum atomic E-state index is -0.827. The van der Waals surface area contributed by atoms with Gasteiger partial charge in [-0.2, -0.15) is 0 Å². The van der Waals surface area contributed by atoms with Crippen molar-refractivity contribution in [2.75, 3.05) is 20.8 Å². The Morgan fingerprint density at radius 2 is 1.89 bits per heavy atom. The van der Waals surface area contributed by atoms with Gasteiger partial charge in [-0.25, -0.2) is 9.37 Å². The van der Waals surface area contributed by atoms with E-state index in [2.05, 4.69) is 20.6 Å². The van der Waals surface area contributed by atoms with Crippen molar-refractivity contribution >= 4 is 33.6 Å². The van der Waals surface area contributed by atoms with E-state index in [9.17, 15) is 18.8 Å². The Morgan fingerprint density at radius 1 is 1.14 bits per heavy atom. The molecule has 4 rings (SSSR count). The topological polar surface area (TPSA) is 127 Å². The molecule has 0 aliphatic carbocycles. The number of nitrogens with zero attached hydrogens (tertiary/aromatic N) is 2. The second-order valence-electron chi connectivity index (χ2n) is 8.24. The van der Waals surface area contributed by atoms with Gasteiger partial charge in [0.1, 0.15) is 18.4 Å². The fourth-order valence-electron chi connectivity index (χ4n) is 3.94. The summed E-state index contributed by atoms with van der Waals surface area (Å²) in [6.45, 7) is 1.54. The van der Waals surface area contributed by atoms with Crippen LogP contribution in [0.3, 0.4) is 0 Å². The van der Waals surface area contributed by atoms with Gasteiger partial charge in [0.15, 0.2) is 11.5 Å². The van der Waals surface area contributed by atoms with Gasteiger partial charge in [-0.1, -0.05) is 0 Å². The number of carbonyl (C=O) groups excluding carboxylic acids is 2. The highest BCUT2D eigenvalue weighted by Crippen LogP contribution is 2.29. The zero-order chi connectivity index (χ0) is 25.8. The third-order valence-corrected chi connectivity index (χ3v) is 5.84. The highest BCUT2D eigenvalue weighted by Gasteiger charge is 2.17. The molecule has 1 unspecified atom stereocenters. The fraction of sp³-hybridized carbons (Fsp3) is 0.280. The number of nitrogens with one attached hydrogen (secondary N) is 3. The SMILES string of the molecule is COc1cc2ncn(CC(=O)NC(C)C(=O)NCCc3c[nH]c4ccc(F)cc34)c(=O)c2cc1OC. The second-order valence-corrected chi connectivity index (χ2v) is 8.24. The van der Waals surface area contributed by atoms with Crippen LogP contribution >= 0.6 is 0 Å². The summed E-state index contributed by atoms with van der Waals surface area (Å²) in [6.07, 6.45) is 3.54. The van der Waals surface area contributed by atoms with Crippen molar-refractivity contribution in [1.29, 1.82) is 0 Å². The van der Waals surface area contributed by atoms with E-state index >= 15 is 0 Å². The molecule has 0 fully saturated rings. The van der Waals surface area contributed by atoms with E-state index in [1.54, 1.807) is 25.3 Å². The highest BCUT2D eigenvalue weighted by molar-refractivity contribution is 5.88. The quantitative estimate of drug-likeness (QED) is 0.326. The normalized spacial score (nSPS) is 11.9. The van der Waals surface area contributed by atoms with Crippen LogP contribution in [-0.2, 0) is 22.6 Å². The zero-order valence-electron chi connectivity index (χ0n) is 20.1. The van der Waals surface area contributed by atoms with Crippen molar-refractivity contribution in [3.8, 4) is 11.5 Å². The molecule has 36 heavy (non-hydrogen) atoms. The Morgan fingerprint density at radius 3 is 2.64 bits per heavy atom. The van der Waals surface area contributed by atoms with Crippen LogP contribution in [0, 0.1) is 5.82 Å². The molecule has 4 aromatic rings. The van der Waals surface area contributed by atoms with Crippen LogP contribution in [0.5, 0.6) is 11.5 Å². The first-order valence-corrected chi connectivity index (χ1v) is 11.2. The van der Waals surface area contributed by atoms with E-state index in [1.807, 2.05) is 0 Å². The Labute approximate surface area is 205 Å². The average molecular weight is 496 g/mol. The van der Waals surface area contributed by atoms with Gasteiger partial charge in [-0.15, -0.1) is 0 Å². The number of H-pyrrole nitrogens is 1. The summed E-state index contributed by atoms with van der Waals surface area (Å²) in [7, 11) is 2.94. The van der Waals surface area contributed by atoms with E-state index in [-0.39, 0.29) is 23.7 Å². The summed E-state index contributed by atoms with van der Waals surface area (Å²) in [5.41, 5.74) is 1.66. The molecule has 0 bridgehead atoms. The molecule has 0 aliphatic rings. The molecule has 10 nitrogen and oxygen atoms in total. The number of aromatic amines is 1. The van der Waals surface area contributed by atoms with E-state index in [4.69, 9.17) is 9.47 Å². The number of rotatable bonds is 9. The lowest BCUT2D eigenvalue weighted by Crippen LogP contribution is -2.46. The van der Waals surface area contributed by atoms with Gasteiger partial charge in [0.2, 0.25) is 11.8 Å². The Bertz CT molecular complexity index is 1500. The first-order chi connectivity index (χ1) is 17.3. The van der Waals surface area contributed by atoms with Crippen LogP contribution < -0.4 is 25.7 Å². The van der Waals surface area contributed by atoms with Crippen molar-refractivity contribution in [2.45, 2.75) is 25.9 Å².